The number of ether oxygens (including phenoxy) is 1. The number of carbonyl (C=O) groups excluding carboxylic acids is 1. The van der Waals surface area contributed by atoms with E-state index >= 15 is 0 Å². The summed E-state index contributed by atoms with van der Waals surface area (Å²) in [5.41, 5.74) is -0.852. The van der Waals surface area contributed by atoms with Gasteiger partial charge in [0.1, 0.15) is 17.2 Å². The van der Waals surface area contributed by atoms with Crippen LogP contribution in [-0.2, 0) is 10.3 Å². The van der Waals surface area contributed by atoms with Crippen molar-refractivity contribution in [2.75, 3.05) is 0 Å². The summed E-state index contributed by atoms with van der Waals surface area (Å²) >= 11 is 0. The van der Waals surface area contributed by atoms with E-state index < -0.39 is 28.9 Å². The van der Waals surface area contributed by atoms with E-state index in [2.05, 4.69) is 5.32 Å². The van der Waals surface area contributed by atoms with Crippen LogP contribution in [0, 0.1) is 11.6 Å². The first-order chi connectivity index (χ1) is 8.70. The number of rotatable bonds is 2. The van der Waals surface area contributed by atoms with Gasteiger partial charge in [0.25, 0.3) is 0 Å². The molecule has 104 valence electrons. The molecule has 1 N–H and O–H groups in total. The molecule has 0 spiro atoms. The van der Waals surface area contributed by atoms with Crippen LogP contribution in [0.1, 0.15) is 39.2 Å². The predicted molar refractivity (Wildman–Crippen MR) is 66.6 cm³/mol. The second-order valence-electron chi connectivity index (χ2n) is 5.87. The van der Waals surface area contributed by atoms with Gasteiger partial charge < -0.3 is 10.1 Å². The maximum absolute atomic E-state index is 13.2. The van der Waals surface area contributed by atoms with Gasteiger partial charge in [0, 0.05) is 6.07 Å². The van der Waals surface area contributed by atoms with Crippen LogP contribution < -0.4 is 5.32 Å². The minimum absolute atomic E-state index is 0.441. The van der Waals surface area contributed by atoms with Gasteiger partial charge in [-0.25, -0.2) is 13.6 Å². The lowest BCUT2D eigenvalue weighted by molar-refractivity contribution is 0.0495. The molecule has 5 heteroatoms. The van der Waals surface area contributed by atoms with E-state index in [0.29, 0.717) is 18.4 Å². The molecule has 1 aliphatic carbocycles. The molecule has 1 aliphatic rings. The largest absolute Gasteiger partial charge is 0.444 e. The first kappa shape index (κ1) is 13.8. The summed E-state index contributed by atoms with van der Waals surface area (Å²) in [7, 11) is 0. The highest BCUT2D eigenvalue weighted by molar-refractivity contribution is 5.70. The van der Waals surface area contributed by atoms with Gasteiger partial charge in [-0.3, -0.25) is 0 Å². The maximum atomic E-state index is 13.2. The minimum Gasteiger partial charge on any atom is -0.444 e. The van der Waals surface area contributed by atoms with Crippen molar-refractivity contribution in [1.29, 1.82) is 0 Å². The second-order valence-corrected chi connectivity index (χ2v) is 5.87. The number of alkyl carbamates (subject to hydrolysis) is 1. The molecule has 1 fully saturated rings. The Balaban J connectivity index is 2.13. The third-order valence-electron chi connectivity index (χ3n) is 2.91. The van der Waals surface area contributed by atoms with E-state index in [-0.39, 0.29) is 0 Å². The van der Waals surface area contributed by atoms with Crippen molar-refractivity contribution in [2.45, 2.75) is 44.8 Å². The number of amides is 1. The van der Waals surface area contributed by atoms with Crippen LogP contribution in [0.15, 0.2) is 18.2 Å². The van der Waals surface area contributed by atoms with Gasteiger partial charge in [0.05, 0.1) is 5.54 Å². The molecule has 1 aromatic carbocycles. The van der Waals surface area contributed by atoms with Crippen LogP contribution in [0.25, 0.3) is 0 Å². The quantitative estimate of drug-likeness (QED) is 0.892. The Bertz CT molecular complexity index is 484. The zero-order valence-corrected chi connectivity index (χ0v) is 11.2. The summed E-state index contributed by atoms with van der Waals surface area (Å²) in [6, 6.07) is 3.30. The minimum atomic E-state index is -0.689. The molecular weight excluding hydrogens is 252 g/mol. The molecule has 2 rings (SSSR count). The first-order valence-electron chi connectivity index (χ1n) is 6.18. The fraction of sp³-hybridized carbons (Fsp3) is 0.500. The van der Waals surface area contributed by atoms with Gasteiger partial charge in [0.2, 0.25) is 0 Å². The predicted octanol–water partition coefficient (Wildman–Crippen LogP) is 3.48. The monoisotopic (exact) mass is 269 g/mol. The molecule has 0 heterocycles. The number of benzene rings is 1. The van der Waals surface area contributed by atoms with Gasteiger partial charge in [0.15, 0.2) is 0 Å². The SMILES string of the molecule is CC(C)(C)OC(=O)NC1(c2cc(F)cc(F)c2)CC1. The third-order valence-corrected chi connectivity index (χ3v) is 2.91. The van der Waals surface area contributed by atoms with Crippen LogP contribution in [0.4, 0.5) is 13.6 Å². The van der Waals surface area contributed by atoms with E-state index in [9.17, 15) is 13.6 Å². The lowest BCUT2D eigenvalue weighted by Crippen LogP contribution is -2.39. The Hall–Kier alpha value is -1.65. The molecule has 3 nitrogen and oxygen atoms in total. The highest BCUT2D eigenvalue weighted by Crippen LogP contribution is 2.46. The molecule has 0 saturated heterocycles. The van der Waals surface area contributed by atoms with Crippen molar-refractivity contribution >= 4 is 6.09 Å². The lowest BCUT2D eigenvalue weighted by Gasteiger charge is -2.23. The molecule has 1 aromatic rings. The highest BCUT2D eigenvalue weighted by atomic mass is 19.1. The second kappa shape index (κ2) is 4.47. The lowest BCUT2D eigenvalue weighted by atomic mass is 10.0. The molecule has 19 heavy (non-hydrogen) atoms. The summed E-state index contributed by atoms with van der Waals surface area (Å²) < 4.78 is 31.6. The Labute approximate surface area is 111 Å². The fourth-order valence-corrected chi connectivity index (χ4v) is 1.94. The zero-order valence-electron chi connectivity index (χ0n) is 11.2. The molecule has 0 aliphatic heterocycles. The number of nitrogens with one attached hydrogen (secondary N) is 1. The Morgan fingerprint density at radius 1 is 1.21 bits per heavy atom. The van der Waals surface area contributed by atoms with Crippen molar-refractivity contribution in [3.8, 4) is 0 Å². The Morgan fingerprint density at radius 3 is 2.16 bits per heavy atom. The molecule has 0 atom stereocenters. The van der Waals surface area contributed by atoms with Gasteiger partial charge in [-0.15, -0.1) is 0 Å². The zero-order chi connectivity index (χ0) is 14.3. The molecular formula is C14H17F2NO2. The van der Waals surface area contributed by atoms with Crippen LogP contribution >= 0.6 is 0 Å². The normalized spacial score (nSPS) is 16.9. The Kier molecular flexibility index (Phi) is 3.24. The Morgan fingerprint density at radius 2 is 1.74 bits per heavy atom. The van der Waals surface area contributed by atoms with E-state index in [1.54, 1.807) is 20.8 Å². The maximum Gasteiger partial charge on any atom is 0.408 e. The van der Waals surface area contributed by atoms with Crippen LogP contribution in [-0.4, -0.2) is 11.7 Å². The van der Waals surface area contributed by atoms with Crippen LogP contribution in [0.2, 0.25) is 0 Å². The van der Waals surface area contributed by atoms with Gasteiger partial charge in [-0.2, -0.15) is 0 Å². The summed E-state index contributed by atoms with van der Waals surface area (Å²) in [4.78, 5) is 11.7. The summed E-state index contributed by atoms with van der Waals surface area (Å²) in [6.07, 6.45) is 0.722. The van der Waals surface area contributed by atoms with E-state index in [0.717, 1.165) is 6.07 Å². The molecule has 0 aromatic heterocycles. The van der Waals surface area contributed by atoms with Crippen molar-refractivity contribution in [3.05, 3.63) is 35.4 Å². The summed E-state index contributed by atoms with van der Waals surface area (Å²) in [6.45, 7) is 5.27. The first-order valence-corrected chi connectivity index (χ1v) is 6.18. The van der Waals surface area contributed by atoms with Crippen molar-refractivity contribution < 1.29 is 18.3 Å². The molecule has 0 unspecified atom stereocenters. The van der Waals surface area contributed by atoms with Crippen molar-refractivity contribution in [1.82, 2.24) is 5.32 Å². The average Bonchev–Trinajstić information content (AvgIpc) is 2.93. The smallest absolute Gasteiger partial charge is 0.408 e. The van der Waals surface area contributed by atoms with Crippen molar-refractivity contribution in [3.63, 3.8) is 0 Å². The van der Waals surface area contributed by atoms with Gasteiger partial charge in [-0.1, -0.05) is 0 Å². The standard InChI is InChI=1S/C14H17F2NO2/c1-13(2,3)19-12(18)17-14(4-5-14)9-6-10(15)8-11(16)7-9/h6-8H,4-5H2,1-3H3,(H,17,18). The molecule has 0 radical (unpaired) electrons. The highest BCUT2D eigenvalue weighted by Gasteiger charge is 2.47. The van der Waals surface area contributed by atoms with E-state index in [4.69, 9.17) is 4.74 Å². The van der Waals surface area contributed by atoms with E-state index in [1.165, 1.54) is 12.1 Å². The van der Waals surface area contributed by atoms with Gasteiger partial charge >= 0.3 is 6.09 Å². The number of carbonyl (C=O) groups is 1. The van der Waals surface area contributed by atoms with Crippen molar-refractivity contribution in [2.24, 2.45) is 0 Å². The van der Waals surface area contributed by atoms with Crippen LogP contribution in [0.3, 0.4) is 0 Å². The number of hydrogen-bond acceptors (Lipinski definition) is 2. The number of hydrogen-bond donors (Lipinski definition) is 1. The van der Waals surface area contributed by atoms with Gasteiger partial charge in [-0.05, 0) is 51.3 Å². The topological polar surface area (TPSA) is 38.3 Å². The fourth-order valence-electron chi connectivity index (χ4n) is 1.94. The molecule has 1 amide bonds. The summed E-state index contributed by atoms with van der Waals surface area (Å²) in [5.74, 6) is -1.29. The van der Waals surface area contributed by atoms with Crippen LogP contribution in [0.5, 0.6) is 0 Å². The van der Waals surface area contributed by atoms with E-state index in [1.807, 2.05) is 0 Å². The average molecular weight is 269 g/mol. The summed E-state index contributed by atoms with van der Waals surface area (Å²) in [5, 5.41) is 2.70. The molecule has 0 bridgehead atoms. The molecule has 1 saturated carbocycles. The number of halogens is 2. The third kappa shape index (κ3) is 3.43.